The van der Waals surface area contributed by atoms with E-state index in [4.69, 9.17) is 11.6 Å². The summed E-state index contributed by atoms with van der Waals surface area (Å²) in [4.78, 5) is 29.1. The van der Waals surface area contributed by atoms with Crippen molar-refractivity contribution in [3.63, 3.8) is 0 Å². The molecule has 4 rings (SSSR count). The van der Waals surface area contributed by atoms with E-state index in [0.717, 1.165) is 26.6 Å². The number of hydrogen-bond donors (Lipinski definition) is 1. The quantitative estimate of drug-likeness (QED) is 0.244. The molecule has 0 aliphatic heterocycles. The van der Waals surface area contributed by atoms with E-state index in [1.54, 1.807) is 54.6 Å². The molecule has 0 aromatic heterocycles. The van der Waals surface area contributed by atoms with Crippen LogP contribution in [0.5, 0.6) is 0 Å². The van der Waals surface area contributed by atoms with Crippen molar-refractivity contribution in [3.8, 4) is 0 Å². The molecule has 1 atom stereocenters. The molecule has 9 heteroatoms. The van der Waals surface area contributed by atoms with Crippen molar-refractivity contribution in [1.29, 1.82) is 0 Å². The highest BCUT2D eigenvalue weighted by Crippen LogP contribution is 2.27. The van der Waals surface area contributed by atoms with Crippen LogP contribution in [0.25, 0.3) is 0 Å². The number of benzene rings is 4. The molecule has 0 saturated heterocycles. The van der Waals surface area contributed by atoms with Crippen LogP contribution in [-0.2, 0) is 32.6 Å². The number of nitrogens with zero attached hydrogens (tertiary/aromatic N) is 2. The second kappa shape index (κ2) is 13.7. The fraction of sp³-hybridized carbons (Fsp3) is 0.212. The zero-order chi connectivity index (χ0) is 30.3. The minimum absolute atomic E-state index is 0.0624. The molecular formula is C33H34ClN3O4S. The maximum absolute atomic E-state index is 14.3. The van der Waals surface area contributed by atoms with Gasteiger partial charge in [-0.25, -0.2) is 8.42 Å². The van der Waals surface area contributed by atoms with Gasteiger partial charge in [0.25, 0.3) is 10.0 Å². The van der Waals surface area contributed by atoms with E-state index in [1.165, 1.54) is 24.1 Å². The van der Waals surface area contributed by atoms with Crippen molar-refractivity contribution in [2.24, 2.45) is 0 Å². The van der Waals surface area contributed by atoms with E-state index in [2.05, 4.69) is 5.32 Å². The number of anilines is 1. The van der Waals surface area contributed by atoms with Gasteiger partial charge in [0.1, 0.15) is 12.6 Å². The van der Waals surface area contributed by atoms with Crippen LogP contribution in [0, 0.1) is 13.8 Å². The molecule has 0 unspecified atom stereocenters. The molecule has 1 N–H and O–H groups in total. The lowest BCUT2D eigenvalue weighted by Crippen LogP contribution is -2.53. The van der Waals surface area contributed by atoms with Crippen molar-refractivity contribution in [2.75, 3.05) is 17.9 Å². The fourth-order valence-electron chi connectivity index (χ4n) is 4.64. The molecule has 0 radical (unpaired) electrons. The minimum atomic E-state index is -4.13. The highest BCUT2D eigenvalue weighted by atomic mass is 35.5. The summed E-state index contributed by atoms with van der Waals surface area (Å²) in [7, 11) is -2.61. The molecule has 0 aliphatic carbocycles. The Labute approximate surface area is 252 Å². The zero-order valence-electron chi connectivity index (χ0n) is 23.8. The number of amides is 2. The predicted octanol–water partition coefficient (Wildman–Crippen LogP) is 5.54. The first-order chi connectivity index (χ1) is 20.1. The topological polar surface area (TPSA) is 86.8 Å². The van der Waals surface area contributed by atoms with Gasteiger partial charge in [0.2, 0.25) is 11.8 Å². The summed E-state index contributed by atoms with van der Waals surface area (Å²) in [5.74, 6) is -0.878. The molecule has 7 nitrogen and oxygen atoms in total. The van der Waals surface area contributed by atoms with Crippen molar-refractivity contribution in [2.45, 2.75) is 37.8 Å². The van der Waals surface area contributed by atoms with E-state index >= 15 is 0 Å². The van der Waals surface area contributed by atoms with Crippen molar-refractivity contribution >= 4 is 39.1 Å². The van der Waals surface area contributed by atoms with Crippen molar-refractivity contribution in [3.05, 3.63) is 130 Å². The summed E-state index contributed by atoms with van der Waals surface area (Å²) in [6.07, 6.45) is 0.245. The molecule has 0 fully saturated rings. The number of hydrogen-bond acceptors (Lipinski definition) is 4. The summed E-state index contributed by atoms with van der Waals surface area (Å²) in [5.41, 5.74) is 3.86. The number of sulfonamides is 1. The first kappa shape index (κ1) is 30.8. The van der Waals surface area contributed by atoms with Crippen LogP contribution in [0.3, 0.4) is 0 Å². The monoisotopic (exact) mass is 603 g/mol. The SMILES string of the molecule is CNC(=O)[C@@H](Cc1ccccc1)N(Cc1ccc(Cl)cc1)C(=O)CN(c1ccc(C)c(C)c1)S(=O)(=O)c1ccccc1. The average molecular weight is 604 g/mol. The van der Waals surface area contributed by atoms with Crippen LogP contribution in [-0.4, -0.2) is 44.8 Å². The Balaban J connectivity index is 1.79. The molecule has 218 valence electrons. The highest BCUT2D eigenvalue weighted by Gasteiger charge is 2.34. The zero-order valence-corrected chi connectivity index (χ0v) is 25.4. The van der Waals surface area contributed by atoms with Crippen molar-refractivity contribution in [1.82, 2.24) is 10.2 Å². The molecule has 2 amide bonds. The molecule has 4 aromatic rings. The van der Waals surface area contributed by atoms with Gasteiger partial charge in [-0.05, 0) is 72.5 Å². The van der Waals surface area contributed by atoms with Crippen LogP contribution in [0.1, 0.15) is 22.3 Å². The fourth-order valence-corrected chi connectivity index (χ4v) is 6.19. The summed E-state index contributed by atoms with van der Waals surface area (Å²) in [5, 5.41) is 3.22. The van der Waals surface area contributed by atoms with Crippen LogP contribution < -0.4 is 9.62 Å². The van der Waals surface area contributed by atoms with Gasteiger partial charge in [-0.2, -0.15) is 0 Å². The van der Waals surface area contributed by atoms with Gasteiger partial charge >= 0.3 is 0 Å². The smallest absolute Gasteiger partial charge is 0.264 e. The summed E-state index contributed by atoms with van der Waals surface area (Å²) >= 11 is 6.10. The predicted molar refractivity (Wildman–Crippen MR) is 167 cm³/mol. The molecule has 42 heavy (non-hydrogen) atoms. The number of rotatable bonds is 11. The maximum Gasteiger partial charge on any atom is 0.264 e. The maximum atomic E-state index is 14.3. The third-order valence-corrected chi connectivity index (χ3v) is 9.21. The number of carbonyl (C=O) groups excluding carboxylic acids is 2. The van der Waals surface area contributed by atoms with Gasteiger partial charge < -0.3 is 10.2 Å². The Morgan fingerprint density at radius 1 is 0.810 bits per heavy atom. The lowest BCUT2D eigenvalue weighted by molar-refractivity contribution is -0.139. The van der Waals surface area contributed by atoms with Gasteiger partial charge in [0, 0.05) is 25.0 Å². The van der Waals surface area contributed by atoms with E-state index < -0.39 is 28.5 Å². The van der Waals surface area contributed by atoms with Crippen LogP contribution in [0.15, 0.2) is 108 Å². The second-order valence-corrected chi connectivity index (χ2v) is 12.4. The lowest BCUT2D eigenvalue weighted by atomic mass is 10.0. The first-order valence-electron chi connectivity index (χ1n) is 13.5. The molecule has 0 spiro atoms. The third kappa shape index (κ3) is 7.38. The normalized spacial score (nSPS) is 11.9. The summed E-state index contributed by atoms with van der Waals surface area (Å²) < 4.78 is 29.1. The summed E-state index contributed by atoms with van der Waals surface area (Å²) in [6.45, 7) is 3.40. The van der Waals surface area contributed by atoms with Gasteiger partial charge in [-0.3, -0.25) is 13.9 Å². The van der Waals surface area contributed by atoms with E-state index in [0.29, 0.717) is 10.7 Å². The Morgan fingerprint density at radius 3 is 2.02 bits per heavy atom. The van der Waals surface area contributed by atoms with Crippen molar-refractivity contribution < 1.29 is 18.0 Å². The first-order valence-corrected chi connectivity index (χ1v) is 15.4. The lowest BCUT2D eigenvalue weighted by Gasteiger charge is -2.33. The van der Waals surface area contributed by atoms with Crippen LogP contribution >= 0.6 is 11.6 Å². The van der Waals surface area contributed by atoms with Gasteiger partial charge in [-0.1, -0.05) is 78.3 Å². The Bertz CT molecular complexity index is 1630. The van der Waals surface area contributed by atoms with Gasteiger partial charge in [-0.15, -0.1) is 0 Å². The number of carbonyl (C=O) groups is 2. The largest absolute Gasteiger partial charge is 0.357 e. The van der Waals surface area contributed by atoms with Crippen LogP contribution in [0.2, 0.25) is 5.02 Å². The number of aryl methyl sites for hydroxylation is 2. The van der Waals surface area contributed by atoms with E-state index in [-0.39, 0.29) is 23.8 Å². The highest BCUT2D eigenvalue weighted by molar-refractivity contribution is 7.92. The van der Waals surface area contributed by atoms with E-state index in [1.807, 2.05) is 50.2 Å². The second-order valence-electron chi connectivity index (χ2n) is 10.1. The molecular weight excluding hydrogens is 570 g/mol. The minimum Gasteiger partial charge on any atom is -0.357 e. The molecule has 0 heterocycles. The van der Waals surface area contributed by atoms with E-state index in [9.17, 15) is 18.0 Å². The number of likely N-dealkylation sites (N-methyl/N-ethyl adjacent to an activating group) is 1. The van der Waals surface area contributed by atoms with Gasteiger partial charge in [0.05, 0.1) is 10.6 Å². The summed E-state index contributed by atoms with van der Waals surface area (Å²) in [6, 6.07) is 28.8. The average Bonchev–Trinajstić information content (AvgIpc) is 3.00. The van der Waals surface area contributed by atoms with Crippen LogP contribution in [0.4, 0.5) is 5.69 Å². The number of halogens is 1. The Kier molecular flexibility index (Phi) is 10.0. The standard InChI is InChI=1S/C33H34ClN3O4S/c1-24-14-19-29(20-25(24)2)37(42(40,41)30-12-8-5-9-13-30)23-32(38)36(22-27-15-17-28(34)18-16-27)31(33(39)35-3)21-26-10-6-4-7-11-26/h4-20,31H,21-23H2,1-3H3,(H,35,39)/t31-/m1/s1. The molecule has 0 aliphatic rings. The Morgan fingerprint density at radius 2 is 1.43 bits per heavy atom. The van der Waals surface area contributed by atoms with Gasteiger partial charge in [0.15, 0.2) is 0 Å². The molecule has 0 bridgehead atoms. The third-order valence-electron chi connectivity index (χ3n) is 7.17. The number of nitrogens with one attached hydrogen (secondary N) is 1. The molecule has 0 saturated carbocycles. The molecule has 4 aromatic carbocycles. The Hall–Kier alpha value is -4.14.